The molecule has 5 N–H and O–H groups in total. The SMILES string of the molecule is COc1ccc(C(=O)O[C@H]2CC[C@@]3(C)[C@H]4CC[C@H]5[C@]6(O)[C@H](O)[C@H](O)[C@@H]7[C@H](CN8C[C@H](C)CC[C@@H]8[C@@]7(C)O)[C@H]6C[C@@]53O[C@]24O)cc1OC. The molecule has 1 aromatic rings. The van der Waals surface area contributed by atoms with E-state index in [1.807, 2.05) is 0 Å². The molecule has 3 saturated heterocycles. The van der Waals surface area contributed by atoms with Gasteiger partial charge in [-0.25, -0.2) is 4.79 Å². The second-order valence-electron chi connectivity index (χ2n) is 16.5. The molecule has 3 heterocycles. The highest BCUT2D eigenvalue weighted by molar-refractivity contribution is 5.90. The minimum atomic E-state index is -1.79. The fraction of sp³-hybridized carbons (Fsp3) is 0.806. The summed E-state index contributed by atoms with van der Waals surface area (Å²) in [5.74, 6) is -3.32. The standard InChI is InChI=1S/C36H51NO10/c1-18-6-11-26-33(3,41)28-20(17-37(26)16-18)21-15-34-25(35(21,42)30(39)29(28)38)10-9-24-32(34,2)13-12-27(36(24,43)47-34)46-31(40)19-7-8-22(44-4)23(14-19)45-5/h7-8,14,18,20-21,24-30,38-39,41-43H,6,9-13,15-17H2,1-5H3/t18-,20-,21-,24-,25-,26-,27+,28+,29-,30-,32+,33-,34-,35+,36+/m1/s1. The Hall–Kier alpha value is -1.99. The van der Waals surface area contributed by atoms with E-state index < -0.39 is 70.0 Å². The van der Waals surface area contributed by atoms with Gasteiger partial charge in [0.1, 0.15) is 11.7 Å². The molecule has 7 fully saturated rings. The van der Waals surface area contributed by atoms with Gasteiger partial charge in [-0.1, -0.05) is 13.8 Å². The third kappa shape index (κ3) is 3.91. The van der Waals surface area contributed by atoms with Crippen molar-refractivity contribution in [1.29, 1.82) is 0 Å². The molecule has 4 saturated carbocycles. The largest absolute Gasteiger partial charge is 0.493 e. The summed E-state index contributed by atoms with van der Waals surface area (Å²) >= 11 is 0. The zero-order chi connectivity index (χ0) is 33.5. The Kier molecular flexibility index (Phi) is 7.05. The van der Waals surface area contributed by atoms with E-state index in [4.69, 9.17) is 18.9 Å². The van der Waals surface area contributed by atoms with Crippen LogP contribution in [0.15, 0.2) is 18.2 Å². The molecule has 1 spiro atoms. The van der Waals surface area contributed by atoms with Crippen LogP contribution in [0.5, 0.6) is 11.5 Å². The Morgan fingerprint density at radius 1 is 0.957 bits per heavy atom. The first-order valence-corrected chi connectivity index (χ1v) is 17.6. The van der Waals surface area contributed by atoms with Crippen LogP contribution in [0.3, 0.4) is 0 Å². The lowest BCUT2D eigenvalue weighted by atomic mass is 9.49. The zero-order valence-electron chi connectivity index (χ0n) is 28.1. The number of rotatable bonds is 4. The van der Waals surface area contributed by atoms with Crippen LogP contribution in [0, 0.1) is 40.9 Å². The summed E-state index contributed by atoms with van der Waals surface area (Å²) in [6, 6.07) is 4.65. The third-order valence-electron chi connectivity index (χ3n) is 14.7. The molecule has 11 heteroatoms. The van der Waals surface area contributed by atoms with Crippen LogP contribution in [-0.2, 0) is 9.47 Å². The van der Waals surface area contributed by atoms with E-state index in [2.05, 4.69) is 18.7 Å². The quantitative estimate of drug-likeness (QED) is 0.302. The molecular formula is C36H51NO10. The van der Waals surface area contributed by atoms with Gasteiger partial charge in [0.05, 0.1) is 37.1 Å². The summed E-state index contributed by atoms with van der Waals surface area (Å²) in [7, 11) is 3.01. The molecule has 11 nitrogen and oxygen atoms in total. The minimum Gasteiger partial charge on any atom is -0.493 e. The van der Waals surface area contributed by atoms with Crippen molar-refractivity contribution in [3.63, 3.8) is 0 Å². The van der Waals surface area contributed by atoms with Crippen LogP contribution >= 0.6 is 0 Å². The number of benzene rings is 1. The van der Waals surface area contributed by atoms with Crippen molar-refractivity contribution in [1.82, 2.24) is 4.90 Å². The van der Waals surface area contributed by atoms with Crippen molar-refractivity contribution >= 4 is 5.97 Å². The van der Waals surface area contributed by atoms with Crippen molar-refractivity contribution in [2.45, 2.75) is 113 Å². The maximum absolute atomic E-state index is 13.5. The van der Waals surface area contributed by atoms with Crippen LogP contribution < -0.4 is 9.47 Å². The van der Waals surface area contributed by atoms with Gasteiger partial charge in [-0.3, -0.25) is 4.90 Å². The number of hydrogen-bond donors (Lipinski definition) is 5. The van der Waals surface area contributed by atoms with Gasteiger partial charge < -0.3 is 44.5 Å². The molecular weight excluding hydrogens is 606 g/mol. The second-order valence-corrected chi connectivity index (χ2v) is 16.5. The Morgan fingerprint density at radius 2 is 1.68 bits per heavy atom. The molecule has 8 rings (SSSR count). The van der Waals surface area contributed by atoms with E-state index in [1.54, 1.807) is 25.1 Å². The number of ether oxygens (including phenoxy) is 4. The van der Waals surface area contributed by atoms with Crippen LogP contribution in [0.2, 0.25) is 0 Å². The maximum Gasteiger partial charge on any atom is 0.338 e. The number of fused-ring (bicyclic) bond motifs is 5. The number of methoxy groups -OCH3 is 2. The highest BCUT2D eigenvalue weighted by Gasteiger charge is 2.85. The first kappa shape index (κ1) is 32.2. The van der Waals surface area contributed by atoms with Crippen molar-refractivity contribution in [3.8, 4) is 11.5 Å². The van der Waals surface area contributed by atoms with Gasteiger partial charge in [-0.2, -0.15) is 0 Å². The Morgan fingerprint density at radius 3 is 2.40 bits per heavy atom. The van der Waals surface area contributed by atoms with Crippen LogP contribution in [0.4, 0.5) is 0 Å². The number of hydrogen-bond acceptors (Lipinski definition) is 11. The van der Waals surface area contributed by atoms with E-state index in [9.17, 15) is 30.3 Å². The Bertz CT molecular complexity index is 1450. The van der Waals surface area contributed by atoms with Crippen molar-refractivity contribution in [2.75, 3.05) is 27.3 Å². The molecule has 7 aliphatic rings. The third-order valence-corrected chi connectivity index (χ3v) is 14.7. The lowest BCUT2D eigenvalue weighted by Gasteiger charge is -2.63. The van der Waals surface area contributed by atoms with Crippen LogP contribution in [-0.4, -0.2) is 111 Å². The van der Waals surface area contributed by atoms with E-state index in [-0.39, 0.29) is 23.4 Å². The smallest absolute Gasteiger partial charge is 0.338 e. The summed E-state index contributed by atoms with van der Waals surface area (Å²) in [6.45, 7) is 7.60. The molecule has 15 atom stereocenters. The average Bonchev–Trinajstić information content (AvgIpc) is 3.28. The second kappa shape index (κ2) is 10.3. The number of carbonyl (C=O) groups is 1. The maximum atomic E-state index is 13.5. The highest BCUT2D eigenvalue weighted by atomic mass is 16.7. The predicted molar refractivity (Wildman–Crippen MR) is 168 cm³/mol. The summed E-state index contributed by atoms with van der Waals surface area (Å²) in [5.41, 5.74) is -4.24. The molecule has 0 unspecified atom stereocenters. The molecule has 4 bridgehead atoms. The number of piperidine rings is 2. The number of aliphatic hydroxyl groups is 5. The topological polar surface area (TPSA) is 158 Å². The molecule has 0 amide bonds. The van der Waals surface area contributed by atoms with Crippen LogP contribution in [0.25, 0.3) is 0 Å². The lowest BCUT2D eigenvalue weighted by molar-refractivity contribution is -0.290. The van der Waals surface area contributed by atoms with Crippen molar-refractivity contribution in [2.24, 2.45) is 40.9 Å². The van der Waals surface area contributed by atoms with E-state index in [0.717, 1.165) is 19.4 Å². The number of carbonyl (C=O) groups excluding carboxylic acids is 1. The van der Waals surface area contributed by atoms with Gasteiger partial charge in [-0.05, 0) is 87.8 Å². The summed E-state index contributed by atoms with van der Waals surface area (Å²) in [5, 5.41) is 61.1. The summed E-state index contributed by atoms with van der Waals surface area (Å²) in [6.07, 6.45) is 0.454. The minimum absolute atomic E-state index is 0.125. The summed E-state index contributed by atoms with van der Waals surface area (Å²) in [4.78, 5) is 15.8. The molecule has 0 aromatic heterocycles. The predicted octanol–water partition coefficient (Wildman–Crippen LogP) is 2.10. The average molecular weight is 658 g/mol. The van der Waals surface area contributed by atoms with Crippen molar-refractivity contribution in [3.05, 3.63) is 23.8 Å². The van der Waals surface area contributed by atoms with Crippen LogP contribution in [0.1, 0.15) is 76.1 Å². The van der Waals surface area contributed by atoms with Gasteiger partial charge in [-0.15, -0.1) is 0 Å². The highest BCUT2D eigenvalue weighted by Crippen LogP contribution is 2.77. The molecule has 260 valence electrons. The molecule has 4 aliphatic carbocycles. The van der Waals surface area contributed by atoms with E-state index in [0.29, 0.717) is 56.1 Å². The van der Waals surface area contributed by atoms with Gasteiger partial charge in [0, 0.05) is 42.3 Å². The van der Waals surface area contributed by atoms with Gasteiger partial charge >= 0.3 is 5.97 Å². The number of esters is 1. The number of aliphatic hydroxyl groups excluding tert-OH is 2. The van der Waals surface area contributed by atoms with Crippen molar-refractivity contribution < 1.29 is 49.3 Å². The van der Waals surface area contributed by atoms with Gasteiger partial charge in [0.2, 0.25) is 5.79 Å². The Labute approximate surface area is 276 Å². The summed E-state index contributed by atoms with van der Waals surface area (Å²) < 4.78 is 23.7. The Balaban J connectivity index is 1.14. The molecule has 47 heavy (non-hydrogen) atoms. The fourth-order valence-corrected chi connectivity index (χ4v) is 12.7. The van der Waals surface area contributed by atoms with Gasteiger partial charge in [0.25, 0.3) is 0 Å². The fourth-order valence-electron chi connectivity index (χ4n) is 12.7. The normalized spacial score (nSPS) is 52.9. The number of nitrogens with zero attached hydrogens (tertiary/aromatic N) is 1. The molecule has 1 aromatic carbocycles. The zero-order valence-corrected chi connectivity index (χ0v) is 28.1. The lowest BCUT2D eigenvalue weighted by Crippen LogP contribution is -2.76. The molecule has 0 radical (unpaired) electrons. The van der Waals surface area contributed by atoms with Gasteiger partial charge in [0.15, 0.2) is 17.6 Å². The van der Waals surface area contributed by atoms with E-state index in [1.165, 1.54) is 14.2 Å². The molecule has 3 aliphatic heterocycles. The monoisotopic (exact) mass is 657 g/mol. The first-order chi connectivity index (χ1) is 22.2. The first-order valence-electron chi connectivity index (χ1n) is 17.6. The van der Waals surface area contributed by atoms with E-state index >= 15 is 0 Å².